The van der Waals surface area contributed by atoms with Crippen LogP contribution in [0.15, 0.2) is 55.8 Å². The first-order valence-corrected chi connectivity index (χ1v) is 12.0. The summed E-state index contributed by atoms with van der Waals surface area (Å²) in [5.74, 6) is 1.13. The van der Waals surface area contributed by atoms with Gasteiger partial charge in [-0.2, -0.15) is 0 Å². The Labute approximate surface area is 219 Å². The average molecular weight is 517 g/mol. The minimum Gasteiger partial charge on any atom is -0.494 e. The van der Waals surface area contributed by atoms with Gasteiger partial charge in [-0.15, -0.1) is 0 Å². The molecule has 0 amide bonds. The molecule has 0 saturated heterocycles. The zero-order valence-corrected chi connectivity index (χ0v) is 22.7. The zero-order chi connectivity index (χ0) is 26.1. The molecule has 0 aliphatic rings. The smallest absolute Gasteiger partial charge is 0.146 e. The van der Waals surface area contributed by atoms with Crippen molar-refractivity contribution in [1.82, 2.24) is 16.0 Å². The van der Waals surface area contributed by atoms with Crippen molar-refractivity contribution in [2.75, 3.05) is 35.4 Å². The summed E-state index contributed by atoms with van der Waals surface area (Å²) in [5, 5.41) is 10.3. The first-order valence-electron chi connectivity index (χ1n) is 11.3. The molecule has 0 bridgehead atoms. The van der Waals surface area contributed by atoms with Crippen LogP contribution in [0.25, 0.3) is 17.0 Å². The molecular formula is C28H35Cl2N3O2. The highest BCUT2D eigenvalue weighted by Gasteiger charge is 2.19. The Hall–Kier alpha value is -3.02. The topological polar surface area (TPSA) is 54.5 Å². The van der Waals surface area contributed by atoms with E-state index >= 15 is 0 Å². The molecule has 0 unspecified atom stereocenters. The predicted molar refractivity (Wildman–Crippen MR) is 151 cm³/mol. The summed E-state index contributed by atoms with van der Waals surface area (Å²) in [6.07, 6.45) is 4.82. The van der Waals surface area contributed by atoms with Crippen LogP contribution in [0, 0.1) is 0 Å². The number of rotatable bonds is 13. The molecule has 0 aliphatic heterocycles. The van der Waals surface area contributed by atoms with Crippen LogP contribution in [0.2, 0.25) is 10.0 Å². The highest BCUT2D eigenvalue weighted by atomic mass is 35.5. The van der Waals surface area contributed by atoms with E-state index in [2.05, 4.69) is 41.8 Å². The molecule has 0 atom stereocenters. The second-order valence-corrected chi connectivity index (χ2v) is 8.71. The Morgan fingerprint density at radius 2 is 1.26 bits per heavy atom. The highest BCUT2D eigenvalue weighted by Crippen LogP contribution is 2.40. The van der Waals surface area contributed by atoms with E-state index in [1.165, 1.54) is 0 Å². The van der Waals surface area contributed by atoms with Gasteiger partial charge < -0.3 is 25.4 Å². The van der Waals surface area contributed by atoms with Crippen molar-refractivity contribution in [3.05, 3.63) is 88.1 Å². The van der Waals surface area contributed by atoms with Gasteiger partial charge in [-0.05, 0) is 60.2 Å². The van der Waals surface area contributed by atoms with Gasteiger partial charge in [0, 0.05) is 49.4 Å². The van der Waals surface area contributed by atoms with Crippen LogP contribution >= 0.6 is 23.2 Å². The molecule has 0 aliphatic carbocycles. The number of unbranched alkanes of at least 4 members (excludes halogenated alkanes) is 1. The maximum Gasteiger partial charge on any atom is 0.146 e. The van der Waals surface area contributed by atoms with E-state index in [9.17, 15) is 0 Å². The summed E-state index contributed by atoms with van der Waals surface area (Å²) in [4.78, 5) is 0. The normalized spacial score (nSPS) is 10.3. The number of benzene rings is 2. The van der Waals surface area contributed by atoms with E-state index in [0.717, 1.165) is 52.8 Å². The van der Waals surface area contributed by atoms with Crippen LogP contribution in [-0.4, -0.2) is 35.4 Å². The van der Waals surface area contributed by atoms with Gasteiger partial charge >= 0.3 is 0 Å². The summed E-state index contributed by atoms with van der Waals surface area (Å²) in [6, 6.07) is 7.84. The van der Waals surface area contributed by atoms with Crippen LogP contribution in [0.4, 0.5) is 0 Å². The van der Waals surface area contributed by atoms with E-state index in [1.54, 1.807) is 14.2 Å². The van der Waals surface area contributed by atoms with E-state index < -0.39 is 0 Å². The first-order chi connectivity index (χ1) is 16.7. The molecule has 2 aromatic carbocycles. The SMILES string of the molecule is C=C(CCCC=C(c1cc(Cl)c(OC)c(C(=C)NC)c1)c1cc(Cl)c(OC)c(C(=C)NC)c1)NC. The molecule has 0 spiro atoms. The van der Waals surface area contributed by atoms with Crippen molar-refractivity contribution in [3.63, 3.8) is 0 Å². The molecule has 0 fully saturated rings. The Morgan fingerprint density at radius 3 is 1.63 bits per heavy atom. The van der Waals surface area contributed by atoms with Crippen molar-refractivity contribution >= 4 is 40.2 Å². The number of hydrogen-bond acceptors (Lipinski definition) is 5. The average Bonchev–Trinajstić information content (AvgIpc) is 2.86. The predicted octanol–water partition coefficient (Wildman–Crippen LogP) is 6.73. The lowest BCUT2D eigenvalue weighted by molar-refractivity contribution is 0.413. The highest BCUT2D eigenvalue weighted by molar-refractivity contribution is 6.33. The van der Waals surface area contributed by atoms with Crippen LogP contribution in [0.1, 0.15) is 41.5 Å². The molecule has 35 heavy (non-hydrogen) atoms. The molecule has 0 saturated carbocycles. The van der Waals surface area contributed by atoms with Gasteiger partial charge in [-0.1, -0.05) is 49.0 Å². The molecule has 2 aromatic rings. The van der Waals surface area contributed by atoms with Gasteiger partial charge in [0.15, 0.2) is 0 Å². The molecule has 188 valence electrons. The fourth-order valence-corrected chi connectivity index (χ4v) is 4.31. The van der Waals surface area contributed by atoms with Gasteiger partial charge in [-0.25, -0.2) is 0 Å². The Kier molecular flexibility index (Phi) is 10.6. The van der Waals surface area contributed by atoms with Gasteiger partial charge in [0.1, 0.15) is 11.5 Å². The summed E-state index contributed by atoms with van der Waals surface area (Å²) < 4.78 is 11.1. The number of allylic oxidation sites excluding steroid dienone is 2. The lowest BCUT2D eigenvalue weighted by Gasteiger charge is -2.19. The first kappa shape index (κ1) is 28.2. The summed E-state index contributed by atoms with van der Waals surface area (Å²) in [7, 11) is 8.70. The Balaban J connectivity index is 2.73. The molecule has 0 heterocycles. The molecule has 3 N–H and O–H groups in total. The van der Waals surface area contributed by atoms with Gasteiger partial charge in [-0.3, -0.25) is 0 Å². The molecular weight excluding hydrogens is 481 g/mol. The van der Waals surface area contributed by atoms with Gasteiger partial charge in [0.05, 0.1) is 24.3 Å². The van der Waals surface area contributed by atoms with Crippen molar-refractivity contribution in [3.8, 4) is 11.5 Å². The van der Waals surface area contributed by atoms with Gasteiger partial charge in [0.2, 0.25) is 0 Å². The molecule has 7 heteroatoms. The maximum absolute atomic E-state index is 6.66. The van der Waals surface area contributed by atoms with E-state index in [0.29, 0.717) is 32.9 Å². The summed E-state index contributed by atoms with van der Waals surface area (Å²) in [5.41, 5.74) is 6.77. The Bertz CT molecular complexity index is 1060. The number of ether oxygens (including phenoxy) is 2. The second-order valence-electron chi connectivity index (χ2n) is 7.90. The third-order valence-corrected chi connectivity index (χ3v) is 6.32. The number of halogens is 2. The third-order valence-electron chi connectivity index (χ3n) is 5.76. The lowest BCUT2D eigenvalue weighted by atomic mass is 9.92. The lowest BCUT2D eigenvalue weighted by Crippen LogP contribution is -2.07. The van der Waals surface area contributed by atoms with Gasteiger partial charge in [0.25, 0.3) is 0 Å². The van der Waals surface area contributed by atoms with E-state index in [1.807, 2.05) is 45.4 Å². The number of methoxy groups -OCH3 is 2. The summed E-state index contributed by atoms with van der Waals surface area (Å²) >= 11 is 13.3. The monoisotopic (exact) mass is 515 g/mol. The minimum atomic E-state index is 0.491. The van der Waals surface area contributed by atoms with Crippen LogP contribution < -0.4 is 25.4 Å². The fraction of sp³-hybridized carbons (Fsp3) is 0.286. The molecule has 2 rings (SSSR count). The summed E-state index contributed by atoms with van der Waals surface area (Å²) in [6.45, 7) is 12.2. The number of hydrogen-bond donors (Lipinski definition) is 3. The molecule has 0 aromatic heterocycles. The second kappa shape index (κ2) is 13.2. The van der Waals surface area contributed by atoms with Crippen LogP contribution in [0.5, 0.6) is 11.5 Å². The minimum absolute atomic E-state index is 0.491. The maximum atomic E-state index is 6.66. The van der Waals surface area contributed by atoms with Crippen LogP contribution in [-0.2, 0) is 0 Å². The van der Waals surface area contributed by atoms with Crippen molar-refractivity contribution < 1.29 is 9.47 Å². The quantitative estimate of drug-likeness (QED) is 0.258. The largest absolute Gasteiger partial charge is 0.494 e. The van der Waals surface area contributed by atoms with Crippen molar-refractivity contribution in [2.45, 2.75) is 19.3 Å². The van der Waals surface area contributed by atoms with E-state index in [-0.39, 0.29) is 0 Å². The molecule has 5 nitrogen and oxygen atoms in total. The van der Waals surface area contributed by atoms with Crippen molar-refractivity contribution in [1.29, 1.82) is 0 Å². The molecule has 0 radical (unpaired) electrons. The zero-order valence-electron chi connectivity index (χ0n) is 21.2. The van der Waals surface area contributed by atoms with Crippen molar-refractivity contribution in [2.24, 2.45) is 0 Å². The standard InChI is InChI=1S/C28H35Cl2N3O2/c1-17(31-4)11-9-10-12-22(20-13-23(18(2)32-5)27(34-7)25(29)15-20)21-14-24(19(3)33-6)28(35-8)26(30)16-21/h12-16,31-33H,1-3,9-11H2,4-8H3. The fourth-order valence-electron chi connectivity index (χ4n) is 3.72. The van der Waals surface area contributed by atoms with E-state index in [4.69, 9.17) is 32.7 Å². The number of nitrogens with one attached hydrogen (secondary N) is 3. The Morgan fingerprint density at radius 1 is 0.800 bits per heavy atom. The van der Waals surface area contributed by atoms with Crippen LogP contribution in [0.3, 0.4) is 0 Å². The third kappa shape index (κ3) is 6.77.